The lowest BCUT2D eigenvalue weighted by atomic mass is 9.82. The van der Waals surface area contributed by atoms with Gasteiger partial charge in [0.15, 0.2) is 5.82 Å². The van der Waals surface area contributed by atoms with Crippen molar-refractivity contribution in [3.63, 3.8) is 0 Å². The Morgan fingerprint density at radius 2 is 2.44 bits per heavy atom. The van der Waals surface area contributed by atoms with E-state index in [1.54, 1.807) is 0 Å². The van der Waals surface area contributed by atoms with Crippen LogP contribution in [0, 0.1) is 0 Å². The molecule has 0 bridgehead atoms. The van der Waals surface area contributed by atoms with E-state index in [2.05, 4.69) is 37.6 Å². The minimum atomic E-state index is -0.0139. The molecule has 1 saturated heterocycles. The number of nitrogens with one attached hydrogen (secondary N) is 2. The smallest absolute Gasteiger partial charge is 0.239 e. The van der Waals surface area contributed by atoms with Crippen LogP contribution in [0.25, 0.3) is 11.6 Å². The summed E-state index contributed by atoms with van der Waals surface area (Å²) in [6.45, 7) is 4.08. The molecule has 1 unspecified atom stereocenters. The van der Waals surface area contributed by atoms with Crippen LogP contribution in [0.15, 0.2) is 10.9 Å². The molecule has 96 valence electrons. The summed E-state index contributed by atoms with van der Waals surface area (Å²) in [5.41, 5.74) is -0.0139. The molecule has 2 N–H and O–H groups in total. The van der Waals surface area contributed by atoms with Crippen molar-refractivity contribution >= 4 is 0 Å². The first kappa shape index (κ1) is 11.3. The number of H-pyrrole nitrogens is 1. The molecule has 1 aliphatic rings. The molecule has 0 amide bonds. The number of aromatic amines is 1. The Balaban J connectivity index is 1.92. The molecule has 1 aliphatic heterocycles. The number of nitrogens with zero attached hydrogens (tertiary/aromatic N) is 4. The molecule has 7 nitrogen and oxygen atoms in total. The maximum Gasteiger partial charge on any atom is 0.239 e. The predicted octanol–water partition coefficient (Wildman–Crippen LogP) is 0.886. The third-order valence-corrected chi connectivity index (χ3v) is 3.48. The summed E-state index contributed by atoms with van der Waals surface area (Å²) in [7, 11) is 0. The number of hydrogen-bond donors (Lipinski definition) is 2. The Bertz CT molecular complexity index is 499. The molecule has 3 heterocycles. The van der Waals surface area contributed by atoms with E-state index in [-0.39, 0.29) is 5.41 Å². The summed E-state index contributed by atoms with van der Waals surface area (Å²) in [4.78, 5) is 8.50. The molecule has 0 radical (unpaired) electrons. The Kier molecular flexibility index (Phi) is 2.83. The molecular formula is C11H16N6O. The van der Waals surface area contributed by atoms with Crippen molar-refractivity contribution in [2.24, 2.45) is 0 Å². The molecule has 1 atom stereocenters. The van der Waals surface area contributed by atoms with E-state index in [1.165, 1.54) is 6.33 Å². The van der Waals surface area contributed by atoms with Gasteiger partial charge in [-0.2, -0.15) is 10.1 Å². The SMILES string of the molecule is CCCC1(c2nc(-c3ncn[nH]3)no2)CCNC1. The fourth-order valence-corrected chi connectivity index (χ4v) is 2.57. The van der Waals surface area contributed by atoms with Crippen LogP contribution in [0.1, 0.15) is 32.1 Å². The van der Waals surface area contributed by atoms with Gasteiger partial charge < -0.3 is 9.84 Å². The van der Waals surface area contributed by atoms with Crippen molar-refractivity contribution in [1.82, 2.24) is 30.6 Å². The molecule has 2 aromatic heterocycles. The van der Waals surface area contributed by atoms with Gasteiger partial charge >= 0.3 is 0 Å². The van der Waals surface area contributed by atoms with Crippen LogP contribution >= 0.6 is 0 Å². The Labute approximate surface area is 104 Å². The van der Waals surface area contributed by atoms with Gasteiger partial charge in [-0.05, 0) is 19.4 Å². The van der Waals surface area contributed by atoms with Crippen molar-refractivity contribution in [2.45, 2.75) is 31.6 Å². The van der Waals surface area contributed by atoms with Crippen LogP contribution in [-0.4, -0.2) is 38.4 Å². The summed E-state index contributed by atoms with van der Waals surface area (Å²) in [5, 5.41) is 13.9. The van der Waals surface area contributed by atoms with Gasteiger partial charge in [-0.25, -0.2) is 4.98 Å². The van der Waals surface area contributed by atoms with E-state index in [0.717, 1.165) is 32.4 Å². The minimum absolute atomic E-state index is 0.0139. The second-order valence-corrected chi connectivity index (χ2v) is 4.71. The van der Waals surface area contributed by atoms with Crippen LogP contribution in [-0.2, 0) is 5.41 Å². The Morgan fingerprint density at radius 1 is 1.50 bits per heavy atom. The fraction of sp³-hybridized carbons (Fsp3) is 0.636. The zero-order valence-electron chi connectivity index (χ0n) is 10.3. The lowest BCUT2D eigenvalue weighted by molar-refractivity contribution is 0.277. The van der Waals surface area contributed by atoms with Crippen molar-refractivity contribution in [3.05, 3.63) is 12.2 Å². The maximum absolute atomic E-state index is 5.44. The van der Waals surface area contributed by atoms with E-state index >= 15 is 0 Å². The summed E-state index contributed by atoms with van der Waals surface area (Å²) < 4.78 is 5.44. The second kappa shape index (κ2) is 4.49. The number of aromatic nitrogens is 5. The Hall–Kier alpha value is -1.76. The van der Waals surface area contributed by atoms with Crippen molar-refractivity contribution < 1.29 is 4.52 Å². The fourth-order valence-electron chi connectivity index (χ4n) is 2.57. The molecular weight excluding hydrogens is 232 g/mol. The van der Waals surface area contributed by atoms with Gasteiger partial charge in [-0.15, -0.1) is 0 Å². The van der Waals surface area contributed by atoms with Gasteiger partial charge in [-0.3, -0.25) is 5.10 Å². The maximum atomic E-state index is 5.44. The quantitative estimate of drug-likeness (QED) is 0.834. The molecule has 18 heavy (non-hydrogen) atoms. The lowest BCUT2D eigenvalue weighted by Crippen LogP contribution is -2.29. The van der Waals surface area contributed by atoms with Crippen molar-refractivity contribution in [1.29, 1.82) is 0 Å². The van der Waals surface area contributed by atoms with Gasteiger partial charge in [0.05, 0.1) is 5.41 Å². The standard InChI is InChI=1S/C11H16N6O/c1-2-3-11(4-5-12-6-11)10-15-9(17-18-10)8-13-7-14-16-8/h7,12H,2-6H2,1H3,(H,13,14,16). The van der Waals surface area contributed by atoms with Crippen LogP contribution in [0.4, 0.5) is 0 Å². The van der Waals surface area contributed by atoms with Crippen LogP contribution < -0.4 is 5.32 Å². The largest absolute Gasteiger partial charge is 0.338 e. The Morgan fingerprint density at radius 3 is 3.11 bits per heavy atom. The second-order valence-electron chi connectivity index (χ2n) is 4.71. The normalized spacial score (nSPS) is 23.6. The number of rotatable bonds is 4. The van der Waals surface area contributed by atoms with Crippen molar-refractivity contribution in [2.75, 3.05) is 13.1 Å². The van der Waals surface area contributed by atoms with E-state index in [4.69, 9.17) is 4.52 Å². The van der Waals surface area contributed by atoms with Gasteiger partial charge in [0.25, 0.3) is 0 Å². The summed E-state index contributed by atoms with van der Waals surface area (Å²) in [6, 6.07) is 0. The van der Waals surface area contributed by atoms with Gasteiger partial charge in [0, 0.05) is 6.54 Å². The predicted molar refractivity (Wildman–Crippen MR) is 63.7 cm³/mol. The average Bonchev–Trinajstić information content (AvgIpc) is 3.11. The molecule has 7 heteroatoms. The van der Waals surface area contributed by atoms with Crippen molar-refractivity contribution in [3.8, 4) is 11.6 Å². The third kappa shape index (κ3) is 1.80. The van der Waals surface area contributed by atoms with Gasteiger partial charge in [0.1, 0.15) is 6.33 Å². The zero-order chi connectivity index (χ0) is 12.4. The minimum Gasteiger partial charge on any atom is -0.338 e. The third-order valence-electron chi connectivity index (χ3n) is 3.48. The van der Waals surface area contributed by atoms with E-state index < -0.39 is 0 Å². The first-order valence-electron chi connectivity index (χ1n) is 6.25. The van der Waals surface area contributed by atoms with Crippen LogP contribution in [0.3, 0.4) is 0 Å². The lowest BCUT2D eigenvalue weighted by Gasteiger charge is -2.22. The molecule has 0 aliphatic carbocycles. The summed E-state index contributed by atoms with van der Waals surface area (Å²) in [5.74, 6) is 1.73. The summed E-state index contributed by atoms with van der Waals surface area (Å²) >= 11 is 0. The van der Waals surface area contributed by atoms with Crippen LogP contribution in [0.2, 0.25) is 0 Å². The van der Waals surface area contributed by atoms with E-state index in [0.29, 0.717) is 17.5 Å². The van der Waals surface area contributed by atoms with Gasteiger partial charge in [-0.1, -0.05) is 18.5 Å². The molecule has 0 aromatic carbocycles. The molecule has 3 rings (SSSR count). The molecule has 2 aromatic rings. The number of hydrogen-bond acceptors (Lipinski definition) is 6. The monoisotopic (exact) mass is 248 g/mol. The molecule has 0 saturated carbocycles. The summed E-state index contributed by atoms with van der Waals surface area (Å²) in [6.07, 6.45) is 4.63. The highest BCUT2D eigenvalue weighted by atomic mass is 16.5. The topological polar surface area (TPSA) is 92.5 Å². The first-order valence-corrected chi connectivity index (χ1v) is 6.25. The van der Waals surface area contributed by atoms with E-state index in [1.807, 2.05) is 0 Å². The van der Waals surface area contributed by atoms with Crippen LogP contribution in [0.5, 0.6) is 0 Å². The van der Waals surface area contributed by atoms with E-state index in [9.17, 15) is 0 Å². The first-order chi connectivity index (χ1) is 8.84. The zero-order valence-corrected chi connectivity index (χ0v) is 10.3. The van der Waals surface area contributed by atoms with Gasteiger partial charge in [0.2, 0.25) is 11.7 Å². The highest BCUT2D eigenvalue weighted by molar-refractivity contribution is 5.40. The highest BCUT2D eigenvalue weighted by Gasteiger charge is 2.40. The molecule has 0 spiro atoms. The highest BCUT2D eigenvalue weighted by Crippen LogP contribution is 2.34. The average molecular weight is 248 g/mol. The molecule has 1 fully saturated rings.